The van der Waals surface area contributed by atoms with E-state index in [0.29, 0.717) is 18.6 Å². The molecule has 0 atom stereocenters. The van der Waals surface area contributed by atoms with Gasteiger partial charge in [-0.25, -0.2) is 0 Å². The average Bonchev–Trinajstić information content (AvgIpc) is 2.27. The van der Waals surface area contributed by atoms with Gasteiger partial charge >= 0.3 is 0 Å². The molecule has 0 heterocycles. The molecule has 0 bridgehead atoms. The van der Waals surface area contributed by atoms with Gasteiger partial charge in [-0.2, -0.15) is 0 Å². The Morgan fingerprint density at radius 3 is 2.50 bits per heavy atom. The first kappa shape index (κ1) is 13.0. The van der Waals surface area contributed by atoms with E-state index in [-0.39, 0.29) is 5.75 Å². The van der Waals surface area contributed by atoms with E-state index >= 15 is 0 Å². The highest BCUT2D eigenvalue weighted by Gasteiger charge is 2.17. The lowest BCUT2D eigenvalue weighted by Gasteiger charge is -2.16. The molecule has 1 aromatic carbocycles. The zero-order chi connectivity index (χ0) is 12.3. The minimum absolute atomic E-state index is 0.141. The second-order valence-electron chi connectivity index (χ2n) is 3.63. The van der Waals surface area contributed by atoms with Crippen molar-refractivity contribution in [1.82, 2.24) is 0 Å². The van der Waals surface area contributed by atoms with Crippen LogP contribution in [0.1, 0.15) is 23.1 Å². The Bertz CT molecular complexity index is 413. The Labute approximate surface area is 104 Å². The lowest BCUT2D eigenvalue weighted by molar-refractivity contribution is -0.107. The van der Waals surface area contributed by atoms with Crippen LogP contribution in [0, 0.1) is 13.8 Å². The molecule has 1 aromatic rings. The number of benzene rings is 1. The van der Waals surface area contributed by atoms with Crippen molar-refractivity contribution in [1.29, 1.82) is 0 Å². The molecule has 0 amide bonds. The fraction of sp³-hybridized carbons (Fsp3) is 0.417. The molecule has 1 rings (SSSR count). The van der Waals surface area contributed by atoms with Crippen LogP contribution in [0.25, 0.3) is 0 Å². The second kappa shape index (κ2) is 5.34. The Balaban J connectivity index is 3.36. The molecule has 0 aliphatic heterocycles. The summed E-state index contributed by atoms with van der Waals surface area (Å²) in [6, 6.07) is 0. The van der Waals surface area contributed by atoms with Gasteiger partial charge in [-0.15, -0.1) is 0 Å². The van der Waals surface area contributed by atoms with Crippen molar-refractivity contribution >= 4 is 22.2 Å². The van der Waals surface area contributed by atoms with Crippen LogP contribution in [-0.4, -0.2) is 18.5 Å². The molecule has 0 spiro atoms. The number of carbonyl (C=O) groups is 1. The number of methoxy groups -OCH3 is 1. The van der Waals surface area contributed by atoms with Crippen molar-refractivity contribution in [3.63, 3.8) is 0 Å². The topological polar surface area (TPSA) is 46.5 Å². The molecule has 0 aromatic heterocycles. The minimum Gasteiger partial charge on any atom is -0.504 e. The quantitative estimate of drug-likeness (QED) is 0.866. The molecule has 4 heteroatoms. The maximum atomic E-state index is 10.4. The molecular formula is C12H15BrO3. The molecule has 1 N–H and O–H groups in total. The first-order valence-electron chi connectivity index (χ1n) is 5.02. The SMILES string of the molecule is COc1c(C)c(Br)c(C)c(CCC=O)c1O. The summed E-state index contributed by atoms with van der Waals surface area (Å²) >= 11 is 3.47. The zero-order valence-electron chi connectivity index (χ0n) is 9.63. The average molecular weight is 287 g/mol. The molecular weight excluding hydrogens is 272 g/mol. The summed E-state index contributed by atoms with van der Waals surface area (Å²) in [5, 5.41) is 10.0. The molecule has 0 unspecified atom stereocenters. The number of aromatic hydroxyl groups is 1. The highest BCUT2D eigenvalue weighted by atomic mass is 79.9. The first-order chi connectivity index (χ1) is 7.54. The van der Waals surface area contributed by atoms with E-state index in [1.807, 2.05) is 13.8 Å². The number of ether oxygens (including phenoxy) is 1. The lowest BCUT2D eigenvalue weighted by atomic mass is 9.99. The maximum Gasteiger partial charge on any atom is 0.164 e. The molecule has 0 radical (unpaired) electrons. The summed E-state index contributed by atoms with van der Waals surface area (Å²) in [6.07, 6.45) is 1.77. The van der Waals surface area contributed by atoms with Gasteiger partial charge in [0.15, 0.2) is 11.5 Å². The van der Waals surface area contributed by atoms with Gasteiger partial charge in [0.2, 0.25) is 0 Å². The van der Waals surface area contributed by atoms with Crippen LogP contribution in [0.5, 0.6) is 11.5 Å². The number of carbonyl (C=O) groups excluding carboxylic acids is 1. The molecule has 88 valence electrons. The van der Waals surface area contributed by atoms with Crippen molar-refractivity contribution in [2.75, 3.05) is 7.11 Å². The predicted octanol–water partition coefficient (Wildman–Crippen LogP) is 2.91. The van der Waals surface area contributed by atoms with Gasteiger partial charge in [0.25, 0.3) is 0 Å². The smallest absolute Gasteiger partial charge is 0.164 e. The molecule has 3 nitrogen and oxygen atoms in total. The summed E-state index contributed by atoms with van der Waals surface area (Å²) in [4.78, 5) is 10.4. The van der Waals surface area contributed by atoms with E-state index in [2.05, 4.69) is 15.9 Å². The third kappa shape index (κ3) is 2.21. The number of aldehydes is 1. The Morgan fingerprint density at radius 2 is 2.00 bits per heavy atom. The highest BCUT2D eigenvalue weighted by Crippen LogP contribution is 2.41. The zero-order valence-corrected chi connectivity index (χ0v) is 11.2. The number of hydrogen-bond donors (Lipinski definition) is 1. The molecule has 0 aliphatic carbocycles. The third-order valence-electron chi connectivity index (χ3n) is 2.67. The predicted molar refractivity (Wildman–Crippen MR) is 66.2 cm³/mol. The van der Waals surface area contributed by atoms with Gasteiger partial charge in [0.05, 0.1) is 7.11 Å². The van der Waals surface area contributed by atoms with Crippen LogP contribution in [0.15, 0.2) is 4.47 Å². The van der Waals surface area contributed by atoms with E-state index in [1.54, 1.807) is 0 Å². The molecule has 0 saturated heterocycles. The van der Waals surface area contributed by atoms with Gasteiger partial charge < -0.3 is 14.6 Å². The van der Waals surface area contributed by atoms with Crippen molar-refractivity contribution < 1.29 is 14.6 Å². The van der Waals surface area contributed by atoms with Crippen LogP contribution in [0.4, 0.5) is 0 Å². The normalized spacial score (nSPS) is 10.2. The van der Waals surface area contributed by atoms with E-state index in [1.165, 1.54) is 7.11 Å². The number of hydrogen-bond acceptors (Lipinski definition) is 3. The number of phenolic OH excluding ortho intramolecular Hbond substituents is 1. The summed E-state index contributed by atoms with van der Waals surface area (Å²) in [5.74, 6) is 0.612. The van der Waals surface area contributed by atoms with Crippen molar-refractivity contribution in [3.8, 4) is 11.5 Å². The van der Waals surface area contributed by atoms with Gasteiger partial charge in [-0.05, 0) is 25.8 Å². The van der Waals surface area contributed by atoms with Crippen LogP contribution in [0.3, 0.4) is 0 Å². The Hall–Kier alpha value is -1.03. The minimum atomic E-state index is 0.141. The summed E-state index contributed by atoms with van der Waals surface area (Å²) in [7, 11) is 1.52. The van der Waals surface area contributed by atoms with Gasteiger partial charge in [-0.1, -0.05) is 15.9 Å². The van der Waals surface area contributed by atoms with Crippen molar-refractivity contribution in [2.45, 2.75) is 26.7 Å². The number of phenols is 1. The largest absolute Gasteiger partial charge is 0.504 e. The van der Waals surface area contributed by atoms with Crippen LogP contribution >= 0.6 is 15.9 Å². The number of rotatable bonds is 4. The summed E-state index contributed by atoms with van der Waals surface area (Å²) < 4.78 is 6.08. The molecule has 16 heavy (non-hydrogen) atoms. The van der Waals surface area contributed by atoms with E-state index in [0.717, 1.165) is 27.4 Å². The fourth-order valence-electron chi connectivity index (χ4n) is 1.76. The fourth-order valence-corrected chi connectivity index (χ4v) is 2.18. The molecule has 0 saturated carbocycles. The first-order valence-corrected chi connectivity index (χ1v) is 5.82. The second-order valence-corrected chi connectivity index (χ2v) is 4.42. The van der Waals surface area contributed by atoms with E-state index in [9.17, 15) is 9.90 Å². The number of halogens is 1. The van der Waals surface area contributed by atoms with E-state index < -0.39 is 0 Å². The van der Waals surface area contributed by atoms with Crippen LogP contribution in [0.2, 0.25) is 0 Å². The van der Waals surface area contributed by atoms with Gasteiger partial charge in [-0.3, -0.25) is 0 Å². The summed E-state index contributed by atoms with van der Waals surface area (Å²) in [5.41, 5.74) is 2.59. The van der Waals surface area contributed by atoms with Crippen molar-refractivity contribution in [3.05, 3.63) is 21.2 Å². The summed E-state index contributed by atoms with van der Waals surface area (Å²) in [6.45, 7) is 3.79. The third-order valence-corrected chi connectivity index (χ3v) is 3.86. The lowest BCUT2D eigenvalue weighted by Crippen LogP contribution is -1.99. The maximum absolute atomic E-state index is 10.4. The van der Waals surface area contributed by atoms with Gasteiger partial charge in [0, 0.05) is 22.0 Å². The van der Waals surface area contributed by atoms with Gasteiger partial charge in [0.1, 0.15) is 6.29 Å². The Kier molecular flexibility index (Phi) is 4.35. The molecule has 0 aliphatic rings. The van der Waals surface area contributed by atoms with Crippen LogP contribution in [-0.2, 0) is 11.2 Å². The van der Waals surface area contributed by atoms with E-state index in [4.69, 9.17) is 4.74 Å². The monoisotopic (exact) mass is 286 g/mol. The standard InChI is InChI=1S/C12H15BrO3/c1-7-9(5-4-6-14)11(15)12(16-3)8(2)10(7)13/h6,15H,4-5H2,1-3H3. The molecule has 0 fully saturated rings. The van der Waals surface area contributed by atoms with Crippen molar-refractivity contribution in [2.24, 2.45) is 0 Å². The Morgan fingerprint density at radius 1 is 1.38 bits per heavy atom. The van der Waals surface area contributed by atoms with Crippen LogP contribution < -0.4 is 4.74 Å². The highest BCUT2D eigenvalue weighted by molar-refractivity contribution is 9.10.